The third-order valence-corrected chi connectivity index (χ3v) is 3.56. The molecule has 0 unspecified atom stereocenters. The Morgan fingerprint density at radius 2 is 1.73 bits per heavy atom. The van der Waals surface area contributed by atoms with Crippen LogP contribution in [0.1, 0.15) is 26.3 Å². The zero-order valence-electron chi connectivity index (χ0n) is 15.0. The van der Waals surface area contributed by atoms with Crippen LogP contribution >= 0.6 is 0 Å². The van der Waals surface area contributed by atoms with Gasteiger partial charge in [0.05, 0.1) is 0 Å². The molecule has 0 aromatic heterocycles. The number of amides is 1. The summed E-state index contributed by atoms with van der Waals surface area (Å²) in [6.07, 6.45) is -0.639. The van der Waals surface area contributed by atoms with Crippen molar-refractivity contribution in [3.63, 3.8) is 0 Å². The van der Waals surface area contributed by atoms with Crippen LogP contribution in [-0.4, -0.2) is 33.9 Å². The number of aromatic hydroxyl groups is 1. The molecule has 0 saturated carbocycles. The van der Waals surface area contributed by atoms with Crippen molar-refractivity contribution >= 4 is 12.1 Å². The smallest absolute Gasteiger partial charge is 0.408 e. The van der Waals surface area contributed by atoms with E-state index < -0.39 is 23.7 Å². The van der Waals surface area contributed by atoms with Gasteiger partial charge in [-0.05, 0) is 49.6 Å². The van der Waals surface area contributed by atoms with Gasteiger partial charge in [0, 0.05) is 6.42 Å². The Morgan fingerprint density at radius 1 is 1.08 bits per heavy atom. The first-order valence-corrected chi connectivity index (χ1v) is 8.25. The van der Waals surface area contributed by atoms with E-state index in [-0.39, 0.29) is 12.2 Å². The van der Waals surface area contributed by atoms with Crippen molar-refractivity contribution in [2.75, 3.05) is 0 Å². The number of hydrogen-bond acceptors (Lipinski definition) is 4. The molecule has 0 spiro atoms. The Bertz CT molecular complexity index is 778. The van der Waals surface area contributed by atoms with E-state index >= 15 is 0 Å². The summed E-state index contributed by atoms with van der Waals surface area (Å²) in [5.74, 6) is -0.955. The van der Waals surface area contributed by atoms with Gasteiger partial charge in [-0.1, -0.05) is 36.4 Å². The van der Waals surface area contributed by atoms with Gasteiger partial charge < -0.3 is 20.3 Å². The number of nitrogens with one attached hydrogen (secondary N) is 1. The normalized spacial score (nSPS) is 12.3. The third kappa shape index (κ3) is 5.81. The second-order valence-corrected chi connectivity index (χ2v) is 6.99. The molecule has 2 rings (SSSR count). The van der Waals surface area contributed by atoms with Crippen molar-refractivity contribution in [1.82, 2.24) is 5.32 Å². The molecular formula is C20H23NO5. The van der Waals surface area contributed by atoms with E-state index in [1.807, 2.05) is 18.2 Å². The molecule has 0 heterocycles. The van der Waals surface area contributed by atoms with Gasteiger partial charge in [-0.25, -0.2) is 9.59 Å². The minimum Gasteiger partial charge on any atom is -0.508 e. The van der Waals surface area contributed by atoms with Gasteiger partial charge in [0.15, 0.2) is 0 Å². The summed E-state index contributed by atoms with van der Waals surface area (Å²) in [4.78, 5) is 23.4. The lowest BCUT2D eigenvalue weighted by Crippen LogP contribution is -2.44. The van der Waals surface area contributed by atoms with Crippen LogP contribution in [0.25, 0.3) is 11.1 Å². The van der Waals surface area contributed by atoms with E-state index in [1.54, 1.807) is 51.1 Å². The average Bonchev–Trinajstić information content (AvgIpc) is 2.53. The number of alkyl carbamates (subject to hydrolysis) is 1. The number of benzene rings is 2. The van der Waals surface area contributed by atoms with Crippen molar-refractivity contribution in [3.05, 3.63) is 54.1 Å². The lowest BCUT2D eigenvalue weighted by molar-refractivity contribution is -0.139. The van der Waals surface area contributed by atoms with E-state index in [4.69, 9.17) is 4.74 Å². The quantitative estimate of drug-likeness (QED) is 0.760. The van der Waals surface area contributed by atoms with Gasteiger partial charge in [-0.3, -0.25) is 0 Å². The highest BCUT2D eigenvalue weighted by atomic mass is 16.6. The van der Waals surface area contributed by atoms with Crippen LogP contribution in [0, 0.1) is 0 Å². The van der Waals surface area contributed by atoms with Crippen molar-refractivity contribution in [1.29, 1.82) is 0 Å². The molecule has 138 valence electrons. The van der Waals surface area contributed by atoms with Crippen LogP contribution in [0.4, 0.5) is 4.79 Å². The van der Waals surface area contributed by atoms with Crippen LogP contribution in [0.3, 0.4) is 0 Å². The minimum atomic E-state index is -1.13. The van der Waals surface area contributed by atoms with Gasteiger partial charge in [-0.15, -0.1) is 0 Å². The lowest BCUT2D eigenvalue weighted by atomic mass is 9.99. The number of carboxylic acid groups (broad SMARTS) is 1. The summed E-state index contributed by atoms with van der Waals surface area (Å²) in [5.41, 5.74) is 1.85. The van der Waals surface area contributed by atoms with Gasteiger partial charge in [0.25, 0.3) is 0 Å². The molecular weight excluding hydrogens is 334 g/mol. The molecule has 2 aromatic rings. The molecule has 0 radical (unpaired) electrons. The molecule has 2 aromatic carbocycles. The molecule has 0 saturated heterocycles. The van der Waals surface area contributed by atoms with Crippen LogP contribution in [0.5, 0.6) is 5.75 Å². The summed E-state index contributed by atoms with van der Waals surface area (Å²) in [7, 11) is 0. The molecule has 0 aliphatic heterocycles. The first kappa shape index (κ1) is 19.3. The molecule has 0 aliphatic carbocycles. The Hall–Kier alpha value is -3.02. The fourth-order valence-corrected chi connectivity index (χ4v) is 2.42. The largest absolute Gasteiger partial charge is 0.508 e. The fraction of sp³-hybridized carbons (Fsp3) is 0.300. The van der Waals surface area contributed by atoms with Crippen molar-refractivity contribution in [2.45, 2.75) is 38.8 Å². The van der Waals surface area contributed by atoms with Crippen LogP contribution in [0.15, 0.2) is 48.5 Å². The Kier molecular flexibility index (Phi) is 5.87. The summed E-state index contributed by atoms with van der Waals surface area (Å²) in [6.45, 7) is 5.14. The molecule has 1 amide bonds. The Morgan fingerprint density at radius 3 is 2.31 bits per heavy atom. The van der Waals surface area contributed by atoms with Crippen LogP contribution in [0.2, 0.25) is 0 Å². The number of ether oxygens (including phenoxy) is 1. The van der Waals surface area contributed by atoms with Crippen molar-refractivity contribution < 1.29 is 24.5 Å². The van der Waals surface area contributed by atoms with Gasteiger partial charge in [0.1, 0.15) is 17.4 Å². The minimum absolute atomic E-state index is 0.125. The highest BCUT2D eigenvalue weighted by molar-refractivity contribution is 5.80. The predicted molar refractivity (Wildman–Crippen MR) is 98.0 cm³/mol. The summed E-state index contributed by atoms with van der Waals surface area (Å²) < 4.78 is 5.12. The maximum absolute atomic E-state index is 11.9. The number of rotatable bonds is 5. The third-order valence-electron chi connectivity index (χ3n) is 3.56. The molecule has 0 aliphatic rings. The number of aliphatic carboxylic acids is 1. The average molecular weight is 357 g/mol. The number of phenols is 1. The topological polar surface area (TPSA) is 95.9 Å². The van der Waals surface area contributed by atoms with E-state index in [1.165, 1.54) is 0 Å². The SMILES string of the molecule is CC(C)(C)OC(=O)N[C@@H](Cc1cccc(-c2ccc(O)cc2)c1)C(=O)O. The highest BCUT2D eigenvalue weighted by Crippen LogP contribution is 2.23. The zero-order valence-corrected chi connectivity index (χ0v) is 15.0. The van der Waals surface area contributed by atoms with E-state index in [0.29, 0.717) is 0 Å². The Balaban J connectivity index is 2.14. The monoisotopic (exact) mass is 357 g/mol. The zero-order chi connectivity index (χ0) is 19.3. The van der Waals surface area contributed by atoms with Crippen LogP contribution in [-0.2, 0) is 16.0 Å². The lowest BCUT2D eigenvalue weighted by Gasteiger charge is -2.22. The highest BCUT2D eigenvalue weighted by Gasteiger charge is 2.24. The fourth-order valence-electron chi connectivity index (χ4n) is 2.42. The molecule has 0 bridgehead atoms. The second kappa shape index (κ2) is 7.91. The van der Waals surface area contributed by atoms with E-state index in [2.05, 4.69) is 5.32 Å². The number of carbonyl (C=O) groups excluding carboxylic acids is 1. The van der Waals surface area contributed by atoms with Crippen LogP contribution < -0.4 is 5.32 Å². The number of phenolic OH excluding ortho intramolecular Hbond substituents is 1. The summed E-state index contributed by atoms with van der Waals surface area (Å²) >= 11 is 0. The summed E-state index contributed by atoms with van der Waals surface area (Å²) in [5, 5.41) is 21.2. The maximum Gasteiger partial charge on any atom is 0.408 e. The van der Waals surface area contributed by atoms with E-state index in [9.17, 15) is 19.8 Å². The molecule has 1 atom stereocenters. The molecule has 26 heavy (non-hydrogen) atoms. The van der Waals surface area contributed by atoms with Crippen molar-refractivity contribution in [2.24, 2.45) is 0 Å². The number of carbonyl (C=O) groups is 2. The predicted octanol–water partition coefficient (Wildman–Crippen LogP) is 3.58. The van der Waals surface area contributed by atoms with Gasteiger partial charge >= 0.3 is 12.1 Å². The standard InChI is InChI=1S/C20H23NO5/c1-20(2,3)26-19(25)21-17(18(23)24)12-13-5-4-6-15(11-13)14-7-9-16(22)10-8-14/h4-11,17,22H,12H2,1-3H3,(H,21,25)(H,23,24)/t17-/m0/s1. The van der Waals surface area contributed by atoms with Crippen molar-refractivity contribution in [3.8, 4) is 16.9 Å². The second-order valence-electron chi connectivity index (χ2n) is 6.99. The summed E-state index contributed by atoms with van der Waals surface area (Å²) in [6, 6.07) is 13.0. The maximum atomic E-state index is 11.9. The first-order chi connectivity index (χ1) is 12.1. The van der Waals surface area contributed by atoms with Gasteiger partial charge in [-0.2, -0.15) is 0 Å². The molecule has 6 heteroatoms. The first-order valence-electron chi connectivity index (χ1n) is 8.25. The molecule has 3 N–H and O–H groups in total. The number of carboxylic acids is 1. The number of hydrogen-bond donors (Lipinski definition) is 3. The molecule has 6 nitrogen and oxygen atoms in total. The van der Waals surface area contributed by atoms with E-state index in [0.717, 1.165) is 16.7 Å². The molecule has 0 fully saturated rings. The Labute approximate surface area is 152 Å². The van der Waals surface area contributed by atoms with Gasteiger partial charge in [0.2, 0.25) is 0 Å².